The number of aromatic nitrogens is 1. The number of benzene rings is 1. The summed E-state index contributed by atoms with van der Waals surface area (Å²) in [5, 5.41) is 0. The molecular formula is C15H18BN. The van der Waals surface area contributed by atoms with Crippen LogP contribution < -0.4 is 5.46 Å². The second-order valence-corrected chi connectivity index (χ2v) is 4.61. The van der Waals surface area contributed by atoms with Crippen LogP contribution in [-0.4, -0.2) is 12.8 Å². The fourth-order valence-corrected chi connectivity index (χ4v) is 2.07. The van der Waals surface area contributed by atoms with Crippen LogP contribution in [-0.2, 0) is 0 Å². The predicted octanol–water partition coefficient (Wildman–Crippen LogP) is 2.52. The molecule has 0 aliphatic carbocycles. The van der Waals surface area contributed by atoms with E-state index in [9.17, 15) is 0 Å². The zero-order valence-corrected chi connectivity index (χ0v) is 10.8. The summed E-state index contributed by atoms with van der Waals surface area (Å²) < 4.78 is 0. The highest BCUT2D eigenvalue weighted by Crippen LogP contribution is 2.28. The van der Waals surface area contributed by atoms with E-state index in [0.29, 0.717) is 5.92 Å². The van der Waals surface area contributed by atoms with E-state index in [1.807, 2.05) is 18.3 Å². The lowest BCUT2D eigenvalue weighted by Gasteiger charge is -2.15. The van der Waals surface area contributed by atoms with Crippen molar-refractivity contribution >= 4 is 13.3 Å². The normalized spacial score (nSPS) is 12.4. The van der Waals surface area contributed by atoms with Gasteiger partial charge in [0, 0.05) is 11.8 Å². The molecular weight excluding hydrogens is 205 g/mol. The van der Waals surface area contributed by atoms with Crippen LogP contribution in [0, 0.1) is 0 Å². The Hall–Kier alpha value is -1.57. The van der Waals surface area contributed by atoms with Crippen molar-refractivity contribution in [1.82, 2.24) is 4.98 Å². The maximum atomic E-state index is 4.46. The summed E-state index contributed by atoms with van der Waals surface area (Å²) in [6.07, 6.45) is 3.01. The third kappa shape index (κ3) is 2.58. The monoisotopic (exact) mass is 223 g/mol. The van der Waals surface area contributed by atoms with Crippen LogP contribution in [0.25, 0.3) is 11.3 Å². The zero-order valence-electron chi connectivity index (χ0n) is 10.8. The van der Waals surface area contributed by atoms with Gasteiger partial charge in [0.15, 0.2) is 0 Å². The van der Waals surface area contributed by atoms with Crippen LogP contribution in [0.1, 0.15) is 31.7 Å². The van der Waals surface area contributed by atoms with Gasteiger partial charge in [-0.1, -0.05) is 43.6 Å². The van der Waals surface area contributed by atoms with Crippen LogP contribution in [0.3, 0.4) is 0 Å². The first-order valence-electron chi connectivity index (χ1n) is 6.24. The quantitative estimate of drug-likeness (QED) is 0.728. The molecule has 2 heteroatoms. The summed E-state index contributed by atoms with van der Waals surface area (Å²) >= 11 is 0. The Bertz CT molecular complexity index is 494. The van der Waals surface area contributed by atoms with Crippen molar-refractivity contribution in [1.29, 1.82) is 0 Å². The zero-order chi connectivity index (χ0) is 12.3. The minimum atomic E-state index is 0.576. The Morgan fingerprint density at radius 1 is 1.24 bits per heavy atom. The lowest BCUT2D eigenvalue weighted by atomic mass is 9.85. The lowest BCUT2D eigenvalue weighted by molar-refractivity contribution is 0.735. The Balaban J connectivity index is 2.54. The summed E-state index contributed by atoms with van der Waals surface area (Å²) in [7, 11) is 2.15. The first-order valence-corrected chi connectivity index (χ1v) is 6.24. The van der Waals surface area contributed by atoms with Crippen LogP contribution in [0.2, 0.25) is 0 Å². The van der Waals surface area contributed by atoms with Gasteiger partial charge in [0.25, 0.3) is 0 Å². The van der Waals surface area contributed by atoms with E-state index in [4.69, 9.17) is 0 Å². The lowest BCUT2D eigenvalue weighted by Crippen LogP contribution is -2.06. The number of pyridine rings is 1. The van der Waals surface area contributed by atoms with Gasteiger partial charge in [0.2, 0.25) is 0 Å². The van der Waals surface area contributed by atoms with Crippen molar-refractivity contribution in [3.63, 3.8) is 0 Å². The van der Waals surface area contributed by atoms with Gasteiger partial charge in [-0.05, 0) is 30.0 Å². The summed E-state index contributed by atoms with van der Waals surface area (Å²) in [5.41, 5.74) is 5.07. The van der Waals surface area contributed by atoms with Gasteiger partial charge in [-0.25, -0.2) is 0 Å². The maximum Gasteiger partial charge on any atom is 0.139 e. The van der Waals surface area contributed by atoms with E-state index in [0.717, 1.165) is 12.1 Å². The molecule has 17 heavy (non-hydrogen) atoms. The van der Waals surface area contributed by atoms with Crippen molar-refractivity contribution < 1.29 is 0 Å². The second-order valence-electron chi connectivity index (χ2n) is 4.61. The number of hydrogen-bond donors (Lipinski definition) is 0. The minimum Gasteiger partial charge on any atom is -0.256 e. The molecule has 1 aromatic carbocycles. The predicted molar refractivity (Wildman–Crippen MR) is 76.6 cm³/mol. The number of rotatable bonds is 3. The van der Waals surface area contributed by atoms with Gasteiger partial charge >= 0.3 is 0 Å². The smallest absolute Gasteiger partial charge is 0.139 e. The molecule has 2 aromatic rings. The standard InChI is InChI=1S/C15H18BN/c1-3-11(2)14-10-12(16)7-8-13(14)15-6-4-5-9-17-15/h4-11H,3,16H2,1-2H3/t11-/m1/s1. The molecule has 0 spiro atoms. The van der Waals surface area contributed by atoms with Crippen LogP contribution in [0.15, 0.2) is 42.6 Å². The molecule has 1 aromatic heterocycles. The first kappa shape index (κ1) is 11.9. The highest BCUT2D eigenvalue weighted by Gasteiger charge is 2.11. The van der Waals surface area contributed by atoms with Crippen molar-refractivity contribution in [2.45, 2.75) is 26.2 Å². The average molecular weight is 223 g/mol. The van der Waals surface area contributed by atoms with Crippen molar-refractivity contribution in [3.8, 4) is 11.3 Å². The second kappa shape index (κ2) is 5.18. The Kier molecular flexibility index (Phi) is 3.63. The summed E-state index contributed by atoms with van der Waals surface area (Å²) in [5.74, 6) is 0.576. The fraction of sp³-hybridized carbons (Fsp3) is 0.267. The van der Waals surface area contributed by atoms with E-state index in [2.05, 4.69) is 50.9 Å². The molecule has 0 radical (unpaired) electrons. The van der Waals surface area contributed by atoms with Gasteiger partial charge in [-0.2, -0.15) is 0 Å². The van der Waals surface area contributed by atoms with E-state index in [-0.39, 0.29) is 0 Å². The minimum absolute atomic E-state index is 0.576. The molecule has 0 aliphatic rings. The fourth-order valence-electron chi connectivity index (χ4n) is 2.07. The molecule has 0 amide bonds. The topological polar surface area (TPSA) is 12.9 Å². The molecule has 0 unspecified atom stereocenters. The van der Waals surface area contributed by atoms with Gasteiger partial charge in [-0.3, -0.25) is 4.98 Å². The molecule has 1 nitrogen and oxygen atoms in total. The highest BCUT2D eigenvalue weighted by molar-refractivity contribution is 6.32. The average Bonchev–Trinajstić information content (AvgIpc) is 2.38. The van der Waals surface area contributed by atoms with Crippen LogP contribution >= 0.6 is 0 Å². The maximum absolute atomic E-state index is 4.46. The molecule has 2 rings (SSSR count). The van der Waals surface area contributed by atoms with Gasteiger partial charge < -0.3 is 0 Å². The Morgan fingerprint density at radius 2 is 2.06 bits per heavy atom. The third-order valence-corrected chi connectivity index (χ3v) is 3.29. The molecule has 0 aliphatic heterocycles. The van der Waals surface area contributed by atoms with E-state index >= 15 is 0 Å². The SMILES string of the molecule is Bc1ccc(-c2ccccn2)c([C@H](C)CC)c1. The van der Waals surface area contributed by atoms with Crippen molar-refractivity contribution in [2.24, 2.45) is 0 Å². The van der Waals surface area contributed by atoms with Crippen molar-refractivity contribution in [2.75, 3.05) is 0 Å². The van der Waals surface area contributed by atoms with Crippen LogP contribution in [0.5, 0.6) is 0 Å². The molecule has 0 saturated heterocycles. The molecule has 1 heterocycles. The molecule has 0 bridgehead atoms. The Morgan fingerprint density at radius 3 is 2.71 bits per heavy atom. The highest BCUT2D eigenvalue weighted by atomic mass is 14.7. The molecule has 0 N–H and O–H groups in total. The largest absolute Gasteiger partial charge is 0.256 e. The van der Waals surface area contributed by atoms with E-state index in [1.165, 1.54) is 16.6 Å². The third-order valence-electron chi connectivity index (χ3n) is 3.29. The van der Waals surface area contributed by atoms with Gasteiger partial charge in [-0.15, -0.1) is 0 Å². The summed E-state index contributed by atoms with van der Waals surface area (Å²) in [6, 6.07) is 12.7. The Labute approximate surface area is 104 Å². The molecule has 0 fully saturated rings. The molecule has 86 valence electrons. The van der Waals surface area contributed by atoms with E-state index < -0.39 is 0 Å². The summed E-state index contributed by atoms with van der Waals surface area (Å²) in [6.45, 7) is 4.51. The molecule has 0 saturated carbocycles. The van der Waals surface area contributed by atoms with Crippen molar-refractivity contribution in [3.05, 3.63) is 48.2 Å². The number of nitrogens with zero attached hydrogens (tertiary/aromatic N) is 1. The molecule has 1 atom stereocenters. The first-order chi connectivity index (χ1) is 8.22. The number of hydrogen-bond acceptors (Lipinski definition) is 1. The summed E-state index contributed by atoms with van der Waals surface area (Å²) in [4.78, 5) is 4.46. The van der Waals surface area contributed by atoms with Gasteiger partial charge in [0.1, 0.15) is 7.85 Å². The van der Waals surface area contributed by atoms with Gasteiger partial charge in [0.05, 0.1) is 5.69 Å². The van der Waals surface area contributed by atoms with E-state index in [1.54, 1.807) is 0 Å². The van der Waals surface area contributed by atoms with Crippen LogP contribution in [0.4, 0.5) is 0 Å².